The number of amides is 1. The zero-order valence-electron chi connectivity index (χ0n) is 17.5. The van der Waals surface area contributed by atoms with Crippen LogP contribution in [-0.2, 0) is 26.3 Å². The van der Waals surface area contributed by atoms with Gasteiger partial charge >= 0.3 is 5.97 Å². The number of hydrogen-bond acceptors (Lipinski definition) is 5. The lowest BCUT2D eigenvalue weighted by Crippen LogP contribution is -2.32. The summed E-state index contributed by atoms with van der Waals surface area (Å²) in [6.07, 6.45) is 0. The first-order valence-corrected chi connectivity index (χ1v) is 9.54. The molecule has 0 heterocycles. The van der Waals surface area contributed by atoms with Crippen LogP contribution in [0.4, 0.5) is 0 Å². The van der Waals surface area contributed by atoms with E-state index >= 15 is 0 Å². The standard InChI is InChI=1S/C23H29NO5/c1-23(2,3)19-8-10-20(11-9-19)28-13-12-24-21(25)16-29-22(26)18-7-5-6-17(14-18)15-27-4/h5-11,14H,12-13,15-16H2,1-4H3,(H,24,25). The van der Waals surface area contributed by atoms with E-state index in [2.05, 4.69) is 26.1 Å². The van der Waals surface area contributed by atoms with Crippen LogP contribution in [0, 0.1) is 0 Å². The molecule has 0 aliphatic heterocycles. The smallest absolute Gasteiger partial charge is 0.338 e. The predicted octanol–water partition coefficient (Wildman–Crippen LogP) is 3.48. The van der Waals surface area contributed by atoms with Crippen LogP contribution in [0.5, 0.6) is 5.75 Å². The lowest BCUT2D eigenvalue weighted by Gasteiger charge is -2.19. The van der Waals surface area contributed by atoms with Crippen LogP contribution in [0.1, 0.15) is 42.3 Å². The van der Waals surface area contributed by atoms with Crippen LogP contribution < -0.4 is 10.1 Å². The van der Waals surface area contributed by atoms with Gasteiger partial charge in [0.15, 0.2) is 6.61 Å². The molecule has 0 saturated heterocycles. The maximum absolute atomic E-state index is 12.1. The Hall–Kier alpha value is -2.86. The first-order valence-electron chi connectivity index (χ1n) is 9.54. The fourth-order valence-electron chi connectivity index (χ4n) is 2.63. The quantitative estimate of drug-likeness (QED) is 0.516. The highest BCUT2D eigenvalue weighted by molar-refractivity contribution is 5.91. The average Bonchev–Trinajstić information content (AvgIpc) is 2.69. The van der Waals surface area contributed by atoms with E-state index < -0.39 is 5.97 Å². The van der Waals surface area contributed by atoms with Gasteiger partial charge in [0.05, 0.1) is 18.7 Å². The Kier molecular flexibility index (Phi) is 8.21. The summed E-state index contributed by atoms with van der Waals surface area (Å²) in [7, 11) is 1.58. The first-order chi connectivity index (χ1) is 13.8. The average molecular weight is 399 g/mol. The summed E-state index contributed by atoms with van der Waals surface area (Å²) in [4.78, 5) is 23.9. The minimum Gasteiger partial charge on any atom is -0.492 e. The molecule has 6 nitrogen and oxygen atoms in total. The Labute approximate surface area is 172 Å². The van der Waals surface area contributed by atoms with Crippen molar-refractivity contribution in [2.45, 2.75) is 32.8 Å². The summed E-state index contributed by atoms with van der Waals surface area (Å²) >= 11 is 0. The van der Waals surface area contributed by atoms with Crippen molar-refractivity contribution in [1.82, 2.24) is 5.32 Å². The molecule has 0 bridgehead atoms. The van der Waals surface area contributed by atoms with Crippen molar-refractivity contribution in [2.24, 2.45) is 0 Å². The minimum atomic E-state index is -0.548. The van der Waals surface area contributed by atoms with Crippen LogP contribution in [0.3, 0.4) is 0 Å². The van der Waals surface area contributed by atoms with Gasteiger partial charge in [0, 0.05) is 7.11 Å². The second-order valence-corrected chi connectivity index (χ2v) is 7.68. The van der Waals surface area contributed by atoms with Gasteiger partial charge in [-0.05, 0) is 40.8 Å². The van der Waals surface area contributed by atoms with Crippen molar-refractivity contribution in [2.75, 3.05) is 26.9 Å². The number of benzene rings is 2. The van der Waals surface area contributed by atoms with Gasteiger partial charge in [-0.15, -0.1) is 0 Å². The Morgan fingerprint density at radius 3 is 2.41 bits per heavy atom. The number of rotatable bonds is 9. The van der Waals surface area contributed by atoms with Gasteiger partial charge in [0.2, 0.25) is 0 Å². The molecule has 0 aliphatic rings. The number of ether oxygens (including phenoxy) is 3. The van der Waals surface area contributed by atoms with Crippen LogP contribution in [0.25, 0.3) is 0 Å². The van der Waals surface area contributed by atoms with E-state index in [0.29, 0.717) is 25.3 Å². The van der Waals surface area contributed by atoms with Crippen molar-refractivity contribution in [1.29, 1.82) is 0 Å². The predicted molar refractivity (Wildman–Crippen MR) is 111 cm³/mol. The van der Waals surface area contributed by atoms with E-state index in [1.165, 1.54) is 5.56 Å². The molecular weight excluding hydrogens is 370 g/mol. The highest BCUT2D eigenvalue weighted by Crippen LogP contribution is 2.24. The molecule has 29 heavy (non-hydrogen) atoms. The van der Waals surface area contributed by atoms with Crippen molar-refractivity contribution >= 4 is 11.9 Å². The van der Waals surface area contributed by atoms with Crippen molar-refractivity contribution in [3.8, 4) is 5.75 Å². The monoisotopic (exact) mass is 399 g/mol. The molecule has 1 N–H and O–H groups in total. The third kappa shape index (κ3) is 7.58. The summed E-state index contributed by atoms with van der Waals surface area (Å²) in [5.41, 5.74) is 2.57. The van der Waals surface area contributed by atoms with Gasteiger partial charge in [0.25, 0.3) is 5.91 Å². The van der Waals surface area contributed by atoms with Crippen molar-refractivity contribution in [3.63, 3.8) is 0 Å². The fourth-order valence-corrected chi connectivity index (χ4v) is 2.63. The lowest BCUT2D eigenvalue weighted by molar-refractivity contribution is -0.124. The van der Waals surface area contributed by atoms with Crippen LogP contribution >= 0.6 is 0 Å². The zero-order chi connectivity index (χ0) is 21.3. The van der Waals surface area contributed by atoms with E-state index in [-0.39, 0.29) is 17.9 Å². The van der Waals surface area contributed by atoms with Gasteiger partial charge in [-0.2, -0.15) is 0 Å². The molecule has 156 valence electrons. The summed E-state index contributed by atoms with van der Waals surface area (Å²) in [5, 5.41) is 2.67. The second kappa shape index (κ2) is 10.6. The van der Waals surface area contributed by atoms with E-state index in [1.54, 1.807) is 25.3 Å². The summed E-state index contributed by atoms with van der Waals surface area (Å²) in [6.45, 7) is 7.17. The third-order valence-electron chi connectivity index (χ3n) is 4.22. The topological polar surface area (TPSA) is 73.9 Å². The highest BCUT2D eigenvalue weighted by Gasteiger charge is 2.13. The molecule has 0 radical (unpaired) electrons. The summed E-state index contributed by atoms with van der Waals surface area (Å²) in [6, 6.07) is 14.8. The Morgan fingerprint density at radius 2 is 1.76 bits per heavy atom. The normalized spacial score (nSPS) is 11.0. The molecule has 2 aromatic carbocycles. The SMILES string of the molecule is COCc1cccc(C(=O)OCC(=O)NCCOc2ccc(C(C)(C)C)cc2)c1. The van der Waals surface area contributed by atoms with Crippen molar-refractivity contribution in [3.05, 3.63) is 65.2 Å². The molecule has 2 aromatic rings. The third-order valence-corrected chi connectivity index (χ3v) is 4.22. The molecule has 0 atom stereocenters. The number of carbonyl (C=O) groups is 2. The molecule has 1 amide bonds. The van der Waals surface area contributed by atoms with Gasteiger partial charge in [-0.25, -0.2) is 4.79 Å². The van der Waals surface area contributed by atoms with E-state index in [1.807, 2.05) is 30.3 Å². The van der Waals surface area contributed by atoms with Crippen LogP contribution in [-0.4, -0.2) is 38.7 Å². The van der Waals surface area contributed by atoms with Gasteiger partial charge in [-0.3, -0.25) is 4.79 Å². The fraction of sp³-hybridized carbons (Fsp3) is 0.391. The first kappa shape index (κ1) is 22.4. The van der Waals surface area contributed by atoms with E-state index in [0.717, 1.165) is 11.3 Å². The van der Waals surface area contributed by atoms with E-state index in [9.17, 15) is 9.59 Å². The molecule has 0 spiro atoms. The largest absolute Gasteiger partial charge is 0.492 e. The van der Waals surface area contributed by atoms with Crippen LogP contribution in [0.2, 0.25) is 0 Å². The van der Waals surface area contributed by atoms with Gasteiger partial charge in [0.1, 0.15) is 12.4 Å². The number of nitrogens with one attached hydrogen (secondary N) is 1. The summed E-state index contributed by atoms with van der Waals surface area (Å²) in [5.74, 6) is -0.180. The Balaban J connectivity index is 1.68. The molecule has 6 heteroatoms. The van der Waals surface area contributed by atoms with Crippen molar-refractivity contribution < 1.29 is 23.8 Å². The van der Waals surface area contributed by atoms with Gasteiger partial charge < -0.3 is 19.5 Å². The molecule has 0 saturated carbocycles. The zero-order valence-corrected chi connectivity index (χ0v) is 17.5. The second-order valence-electron chi connectivity index (χ2n) is 7.68. The molecular formula is C23H29NO5. The van der Waals surface area contributed by atoms with E-state index in [4.69, 9.17) is 14.2 Å². The maximum Gasteiger partial charge on any atom is 0.338 e. The number of hydrogen-bond donors (Lipinski definition) is 1. The lowest BCUT2D eigenvalue weighted by atomic mass is 9.87. The molecule has 0 aliphatic carbocycles. The Morgan fingerprint density at radius 1 is 1.03 bits per heavy atom. The highest BCUT2D eigenvalue weighted by atomic mass is 16.5. The minimum absolute atomic E-state index is 0.0923. The molecule has 0 fully saturated rings. The van der Waals surface area contributed by atoms with Crippen LogP contribution in [0.15, 0.2) is 48.5 Å². The number of carbonyl (C=O) groups excluding carboxylic acids is 2. The van der Waals surface area contributed by atoms with Gasteiger partial charge in [-0.1, -0.05) is 45.0 Å². The Bertz CT molecular complexity index is 809. The molecule has 2 rings (SSSR count). The number of esters is 1. The molecule has 0 unspecified atom stereocenters. The molecule has 0 aromatic heterocycles. The number of methoxy groups -OCH3 is 1. The maximum atomic E-state index is 12.1. The summed E-state index contributed by atoms with van der Waals surface area (Å²) < 4.78 is 15.7.